The molecule has 0 radical (unpaired) electrons. The van der Waals surface area contributed by atoms with Crippen molar-refractivity contribution in [3.05, 3.63) is 40.7 Å². The highest BCUT2D eigenvalue weighted by atomic mass is 32.1. The number of aromatic nitrogens is 1. The Morgan fingerprint density at radius 1 is 1.34 bits per heavy atom. The summed E-state index contributed by atoms with van der Waals surface area (Å²) >= 11 is 1.48. The summed E-state index contributed by atoms with van der Waals surface area (Å²) in [5.41, 5.74) is 7.71. The number of hydrogen-bond donors (Lipinski definition) is 4. The molecule has 1 unspecified atom stereocenters. The first-order chi connectivity index (χ1) is 15.3. The van der Waals surface area contributed by atoms with Crippen LogP contribution in [0.4, 0.5) is 0 Å². The number of likely N-dealkylation sites (N-methyl/N-ethyl adjacent to an activating group) is 1. The van der Waals surface area contributed by atoms with Gasteiger partial charge in [0.2, 0.25) is 5.91 Å². The van der Waals surface area contributed by atoms with E-state index >= 15 is 0 Å². The summed E-state index contributed by atoms with van der Waals surface area (Å²) in [5, 5.41) is 14.2. The lowest BCUT2D eigenvalue weighted by molar-refractivity contribution is -0.149. The molecule has 1 aliphatic heterocycles. The Hall–Kier alpha value is -2.62. The van der Waals surface area contributed by atoms with E-state index in [4.69, 9.17) is 0 Å². The van der Waals surface area contributed by atoms with E-state index in [0.29, 0.717) is 19.4 Å². The first-order valence-electron chi connectivity index (χ1n) is 10.8. The van der Waals surface area contributed by atoms with Gasteiger partial charge in [-0.25, -0.2) is 10.4 Å². The number of carbonyl (C=O) groups is 3. The number of carboxylic acid groups (broad SMARTS) is 1. The van der Waals surface area contributed by atoms with Gasteiger partial charge in [-0.2, -0.15) is 0 Å². The van der Waals surface area contributed by atoms with E-state index in [1.54, 1.807) is 19.4 Å². The van der Waals surface area contributed by atoms with Crippen molar-refractivity contribution < 1.29 is 19.5 Å². The Balaban J connectivity index is 2.05. The van der Waals surface area contributed by atoms with Crippen LogP contribution in [0.3, 0.4) is 0 Å². The van der Waals surface area contributed by atoms with Crippen molar-refractivity contribution in [3.63, 3.8) is 0 Å². The Morgan fingerprint density at radius 2 is 2.09 bits per heavy atom. The summed E-state index contributed by atoms with van der Waals surface area (Å²) in [6, 6.07) is 7.69. The van der Waals surface area contributed by atoms with Gasteiger partial charge in [-0.15, -0.1) is 11.3 Å². The monoisotopic (exact) mass is 458 g/mol. The molecular weight excluding hydrogens is 428 g/mol. The van der Waals surface area contributed by atoms with E-state index in [-0.39, 0.29) is 18.6 Å². The molecule has 8 nitrogen and oxygen atoms in total. The highest BCUT2D eigenvalue weighted by Crippen LogP contribution is 2.41. The molecule has 1 aromatic heterocycles. The molecule has 4 N–H and O–H groups in total. The Morgan fingerprint density at radius 3 is 2.72 bits per heavy atom. The van der Waals surface area contributed by atoms with Crippen molar-refractivity contribution in [1.29, 1.82) is 0 Å². The zero-order valence-electron chi connectivity index (χ0n) is 18.6. The predicted molar refractivity (Wildman–Crippen MR) is 123 cm³/mol. The molecule has 32 heavy (non-hydrogen) atoms. The smallest absolute Gasteiger partial charge is 0.309 e. The maximum absolute atomic E-state index is 13.7. The molecule has 172 valence electrons. The zero-order chi connectivity index (χ0) is 23.4. The maximum atomic E-state index is 13.7. The summed E-state index contributed by atoms with van der Waals surface area (Å²) < 4.78 is 0. The van der Waals surface area contributed by atoms with Gasteiger partial charge in [-0.05, 0) is 31.7 Å². The number of amides is 1. The second-order valence-corrected chi connectivity index (χ2v) is 9.10. The van der Waals surface area contributed by atoms with Gasteiger partial charge in [-0.3, -0.25) is 19.8 Å². The number of Topliss-reactive ketones (excluding diaryl/α,β-unsaturated/α-hetero) is 1. The molecule has 1 fully saturated rings. The molecule has 3 rings (SSSR count). The first-order valence-corrected chi connectivity index (χ1v) is 11.7. The predicted octanol–water partition coefficient (Wildman–Crippen LogP) is 2.73. The topological polar surface area (TPSA) is 120 Å². The van der Waals surface area contributed by atoms with E-state index in [2.05, 4.69) is 21.2 Å². The van der Waals surface area contributed by atoms with Crippen molar-refractivity contribution in [1.82, 2.24) is 21.2 Å². The number of rotatable bonds is 9. The van der Waals surface area contributed by atoms with E-state index < -0.39 is 28.7 Å². The minimum Gasteiger partial charge on any atom is -0.481 e. The quantitative estimate of drug-likeness (QED) is 0.427. The van der Waals surface area contributed by atoms with Crippen LogP contribution in [0.25, 0.3) is 11.3 Å². The van der Waals surface area contributed by atoms with E-state index in [0.717, 1.165) is 16.8 Å². The number of carboxylic acids is 1. The van der Waals surface area contributed by atoms with Crippen molar-refractivity contribution in [2.45, 2.75) is 51.0 Å². The normalized spacial score (nSPS) is 22.7. The summed E-state index contributed by atoms with van der Waals surface area (Å²) in [4.78, 5) is 43.2. The third kappa shape index (κ3) is 4.32. The highest BCUT2D eigenvalue weighted by molar-refractivity contribution is 7.07. The maximum Gasteiger partial charge on any atom is 0.309 e. The van der Waals surface area contributed by atoms with Gasteiger partial charge in [0.15, 0.2) is 11.3 Å². The number of nitrogens with one attached hydrogen (secondary N) is 3. The van der Waals surface area contributed by atoms with Crippen LogP contribution < -0.4 is 16.2 Å². The molecule has 0 aliphatic carbocycles. The lowest BCUT2D eigenvalue weighted by Gasteiger charge is -2.43. The SMILES string of the molecule is CCC(C)(CCC(=O)[C@@]1(C(=O)NC)NNCC[C@H]1c1ccccc1-c1cscn1)C(=O)O. The van der Waals surface area contributed by atoms with Crippen LogP contribution in [-0.4, -0.2) is 46.9 Å². The van der Waals surface area contributed by atoms with Gasteiger partial charge >= 0.3 is 5.97 Å². The molecule has 2 heterocycles. The molecule has 1 amide bonds. The summed E-state index contributed by atoms with van der Waals surface area (Å²) in [7, 11) is 1.50. The second-order valence-electron chi connectivity index (χ2n) is 8.38. The van der Waals surface area contributed by atoms with Crippen LogP contribution in [0.5, 0.6) is 0 Å². The number of hydrogen-bond acceptors (Lipinski definition) is 7. The lowest BCUT2D eigenvalue weighted by atomic mass is 9.69. The minimum atomic E-state index is -1.56. The van der Waals surface area contributed by atoms with Crippen LogP contribution in [-0.2, 0) is 14.4 Å². The third-order valence-electron chi connectivity index (χ3n) is 6.64. The molecule has 0 bridgehead atoms. The number of aliphatic carboxylic acids is 1. The van der Waals surface area contributed by atoms with Crippen LogP contribution in [0, 0.1) is 5.41 Å². The number of nitrogens with zero attached hydrogens (tertiary/aromatic N) is 1. The fourth-order valence-corrected chi connectivity index (χ4v) is 4.87. The average molecular weight is 459 g/mol. The largest absolute Gasteiger partial charge is 0.481 e. The number of carbonyl (C=O) groups excluding carboxylic acids is 2. The Bertz CT molecular complexity index is 980. The van der Waals surface area contributed by atoms with Crippen LogP contribution >= 0.6 is 11.3 Å². The van der Waals surface area contributed by atoms with Crippen LogP contribution in [0.15, 0.2) is 35.2 Å². The molecule has 1 saturated heterocycles. The molecule has 1 aromatic carbocycles. The summed E-state index contributed by atoms with van der Waals surface area (Å²) in [5.74, 6) is -2.17. The number of ketones is 1. The number of thiazole rings is 1. The van der Waals surface area contributed by atoms with Gasteiger partial charge < -0.3 is 10.4 Å². The van der Waals surface area contributed by atoms with Crippen LogP contribution in [0.1, 0.15) is 51.0 Å². The number of benzene rings is 1. The van der Waals surface area contributed by atoms with Gasteiger partial charge in [0.1, 0.15) is 0 Å². The van der Waals surface area contributed by atoms with Crippen LogP contribution in [0.2, 0.25) is 0 Å². The van der Waals surface area contributed by atoms with Crippen molar-refractivity contribution in [3.8, 4) is 11.3 Å². The fourth-order valence-electron chi connectivity index (χ4n) is 4.31. The van der Waals surface area contributed by atoms with Crippen molar-refractivity contribution in [2.24, 2.45) is 5.41 Å². The summed E-state index contributed by atoms with van der Waals surface area (Å²) in [6.07, 6.45) is 1.06. The third-order valence-corrected chi connectivity index (χ3v) is 7.22. The second kappa shape index (κ2) is 9.89. The molecule has 3 atom stereocenters. The molecule has 1 aliphatic rings. The standard InChI is InChI=1S/C23H30N4O4S/c1-4-22(2,21(30)31)11-9-19(28)23(20(29)24-3)17(10-12-26-27-23)15-7-5-6-8-16(15)18-13-32-14-25-18/h5-8,13-14,17,26-27H,4,9-12H2,1-3H3,(H,24,29)(H,30,31)/t17-,22?,23-/m0/s1. The van der Waals surface area contributed by atoms with E-state index in [9.17, 15) is 19.5 Å². The molecule has 9 heteroatoms. The zero-order valence-corrected chi connectivity index (χ0v) is 19.4. The molecular formula is C23H30N4O4S. The van der Waals surface area contributed by atoms with Gasteiger partial charge in [0, 0.05) is 36.9 Å². The summed E-state index contributed by atoms with van der Waals surface area (Å²) in [6.45, 7) is 4.00. The Kier molecular flexibility index (Phi) is 7.43. The Labute approximate surface area is 191 Å². The highest BCUT2D eigenvalue weighted by Gasteiger charge is 2.54. The average Bonchev–Trinajstić information content (AvgIpc) is 3.36. The molecule has 0 saturated carbocycles. The fraction of sp³-hybridized carbons (Fsp3) is 0.478. The van der Waals surface area contributed by atoms with E-state index in [1.807, 2.05) is 29.6 Å². The van der Waals surface area contributed by atoms with Crippen molar-refractivity contribution >= 4 is 29.0 Å². The minimum absolute atomic E-state index is 0.0336. The number of hydrazine groups is 1. The van der Waals surface area contributed by atoms with E-state index in [1.165, 1.54) is 18.4 Å². The van der Waals surface area contributed by atoms with Gasteiger partial charge in [0.05, 0.1) is 16.6 Å². The first kappa shape index (κ1) is 24.0. The van der Waals surface area contributed by atoms with Gasteiger partial charge in [-0.1, -0.05) is 31.2 Å². The molecule has 0 spiro atoms. The van der Waals surface area contributed by atoms with Crippen molar-refractivity contribution in [2.75, 3.05) is 13.6 Å². The van der Waals surface area contributed by atoms with Gasteiger partial charge in [0.25, 0.3) is 0 Å². The lowest BCUT2D eigenvalue weighted by Crippen LogP contribution is -2.71. The molecule has 2 aromatic rings.